The van der Waals surface area contributed by atoms with Crippen molar-refractivity contribution >= 4 is 17.8 Å². The highest BCUT2D eigenvalue weighted by Gasteiger charge is 2.38. The first kappa shape index (κ1) is 14.8. The van der Waals surface area contributed by atoms with E-state index in [9.17, 15) is 14.4 Å². The maximum absolute atomic E-state index is 12.3. The smallest absolute Gasteiger partial charge is 0.323 e. The van der Waals surface area contributed by atoms with E-state index in [4.69, 9.17) is 5.11 Å². The summed E-state index contributed by atoms with van der Waals surface area (Å²) in [6.45, 7) is 3.27. The monoisotopic (exact) mass is 282 g/mol. The molecule has 1 saturated heterocycles. The van der Waals surface area contributed by atoms with Gasteiger partial charge in [0.2, 0.25) is 11.8 Å². The molecule has 6 nitrogen and oxygen atoms in total. The van der Waals surface area contributed by atoms with E-state index >= 15 is 0 Å². The molecule has 0 aromatic heterocycles. The normalized spacial score (nSPS) is 22.1. The Morgan fingerprint density at radius 2 is 2.10 bits per heavy atom. The SMILES string of the molecule is CCCN(CC(=O)O)C(=O)C1CC(=O)N(CC2CC2)C1. The van der Waals surface area contributed by atoms with Crippen LogP contribution in [0.25, 0.3) is 0 Å². The van der Waals surface area contributed by atoms with Gasteiger partial charge in [0.25, 0.3) is 0 Å². The fraction of sp³-hybridized carbons (Fsp3) is 0.786. The molecule has 0 spiro atoms. The number of hydrogen-bond acceptors (Lipinski definition) is 3. The molecule has 0 aromatic rings. The molecular formula is C14H22N2O4. The van der Waals surface area contributed by atoms with Crippen molar-refractivity contribution in [3.05, 3.63) is 0 Å². The van der Waals surface area contributed by atoms with Gasteiger partial charge in [0.15, 0.2) is 0 Å². The molecule has 1 saturated carbocycles. The second-order valence-corrected chi connectivity index (χ2v) is 5.80. The molecule has 1 aliphatic carbocycles. The number of carboxylic acids is 1. The largest absolute Gasteiger partial charge is 0.480 e. The van der Waals surface area contributed by atoms with Crippen LogP contribution >= 0.6 is 0 Å². The summed E-state index contributed by atoms with van der Waals surface area (Å²) in [5.74, 6) is -0.931. The van der Waals surface area contributed by atoms with Crippen LogP contribution in [0.4, 0.5) is 0 Å². The highest BCUT2D eigenvalue weighted by Crippen LogP contribution is 2.32. The molecule has 2 fully saturated rings. The first-order valence-electron chi connectivity index (χ1n) is 7.29. The van der Waals surface area contributed by atoms with Crippen LogP contribution in [0.15, 0.2) is 0 Å². The van der Waals surface area contributed by atoms with E-state index in [0.717, 1.165) is 6.54 Å². The number of aliphatic carboxylic acids is 1. The Hall–Kier alpha value is -1.59. The standard InChI is InChI=1S/C14H22N2O4/c1-2-5-15(9-13(18)19)14(20)11-6-12(17)16(8-11)7-10-3-4-10/h10-11H,2-9H2,1H3,(H,18,19). The third kappa shape index (κ3) is 3.71. The summed E-state index contributed by atoms with van der Waals surface area (Å²) in [6, 6.07) is 0. The van der Waals surface area contributed by atoms with Gasteiger partial charge in [-0.2, -0.15) is 0 Å². The Morgan fingerprint density at radius 1 is 1.40 bits per heavy atom. The third-order valence-electron chi connectivity index (χ3n) is 3.87. The molecule has 1 unspecified atom stereocenters. The first-order valence-corrected chi connectivity index (χ1v) is 7.29. The minimum Gasteiger partial charge on any atom is -0.480 e. The van der Waals surface area contributed by atoms with Crippen LogP contribution in [-0.4, -0.2) is 58.9 Å². The van der Waals surface area contributed by atoms with E-state index < -0.39 is 5.97 Å². The van der Waals surface area contributed by atoms with Crippen molar-refractivity contribution in [3.63, 3.8) is 0 Å². The first-order chi connectivity index (χ1) is 9.51. The summed E-state index contributed by atoms with van der Waals surface area (Å²) in [5.41, 5.74) is 0. The number of nitrogens with zero attached hydrogens (tertiary/aromatic N) is 2. The Bertz CT molecular complexity index is 406. The maximum atomic E-state index is 12.3. The molecule has 112 valence electrons. The minimum absolute atomic E-state index is 0.0297. The lowest BCUT2D eigenvalue weighted by atomic mass is 10.1. The fourth-order valence-electron chi connectivity index (χ4n) is 2.68. The average Bonchev–Trinajstić information content (AvgIpc) is 3.11. The number of rotatable bonds is 7. The van der Waals surface area contributed by atoms with Crippen molar-refractivity contribution in [2.24, 2.45) is 11.8 Å². The van der Waals surface area contributed by atoms with Crippen LogP contribution in [0.3, 0.4) is 0 Å². The van der Waals surface area contributed by atoms with Gasteiger partial charge < -0.3 is 14.9 Å². The molecule has 0 aromatic carbocycles. The highest BCUT2D eigenvalue weighted by molar-refractivity contribution is 5.90. The quantitative estimate of drug-likeness (QED) is 0.740. The van der Waals surface area contributed by atoms with Crippen molar-refractivity contribution in [1.29, 1.82) is 0 Å². The van der Waals surface area contributed by atoms with Gasteiger partial charge in [0, 0.05) is 26.1 Å². The zero-order chi connectivity index (χ0) is 14.7. The third-order valence-corrected chi connectivity index (χ3v) is 3.87. The Balaban J connectivity index is 1.93. The Labute approximate surface area is 118 Å². The molecule has 6 heteroatoms. The second kappa shape index (κ2) is 6.24. The van der Waals surface area contributed by atoms with Gasteiger partial charge in [0.1, 0.15) is 6.54 Å². The van der Waals surface area contributed by atoms with E-state index in [1.165, 1.54) is 17.7 Å². The average molecular weight is 282 g/mol. The van der Waals surface area contributed by atoms with Gasteiger partial charge in [-0.1, -0.05) is 6.92 Å². The number of carboxylic acid groups (broad SMARTS) is 1. The van der Waals surface area contributed by atoms with Crippen molar-refractivity contribution < 1.29 is 19.5 Å². The lowest BCUT2D eigenvalue weighted by Crippen LogP contribution is -2.41. The molecule has 20 heavy (non-hydrogen) atoms. The summed E-state index contributed by atoms with van der Waals surface area (Å²) in [6.07, 6.45) is 3.28. The summed E-state index contributed by atoms with van der Waals surface area (Å²) < 4.78 is 0. The number of amides is 2. The fourth-order valence-corrected chi connectivity index (χ4v) is 2.68. The van der Waals surface area contributed by atoms with E-state index in [1.807, 2.05) is 6.92 Å². The molecule has 1 atom stereocenters. The predicted molar refractivity (Wildman–Crippen MR) is 71.9 cm³/mol. The van der Waals surface area contributed by atoms with E-state index in [-0.39, 0.29) is 30.7 Å². The number of carbonyl (C=O) groups excluding carboxylic acids is 2. The van der Waals surface area contributed by atoms with Gasteiger partial charge in [-0.25, -0.2) is 0 Å². The molecule has 0 radical (unpaired) electrons. The van der Waals surface area contributed by atoms with Crippen molar-refractivity contribution in [1.82, 2.24) is 9.80 Å². The zero-order valence-electron chi connectivity index (χ0n) is 11.9. The lowest BCUT2D eigenvalue weighted by Gasteiger charge is -2.23. The summed E-state index contributed by atoms with van der Waals surface area (Å²) in [5, 5.41) is 8.86. The van der Waals surface area contributed by atoms with Gasteiger partial charge >= 0.3 is 5.97 Å². The minimum atomic E-state index is -1.01. The Morgan fingerprint density at radius 3 is 2.65 bits per heavy atom. The summed E-state index contributed by atoms with van der Waals surface area (Å²) >= 11 is 0. The molecule has 1 aliphatic heterocycles. The Kier molecular flexibility index (Phi) is 4.62. The van der Waals surface area contributed by atoms with E-state index in [2.05, 4.69) is 0 Å². The molecular weight excluding hydrogens is 260 g/mol. The van der Waals surface area contributed by atoms with Gasteiger partial charge in [-0.3, -0.25) is 14.4 Å². The molecule has 2 rings (SSSR count). The van der Waals surface area contributed by atoms with Gasteiger partial charge in [0.05, 0.1) is 5.92 Å². The predicted octanol–water partition coefficient (Wildman–Crippen LogP) is 0.568. The summed E-state index contributed by atoms with van der Waals surface area (Å²) in [7, 11) is 0. The van der Waals surface area contributed by atoms with Crippen LogP contribution in [0.1, 0.15) is 32.6 Å². The van der Waals surface area contributed by atoms with E-state index in [0.29, 0.717) is 25.4 Å². The van der Waals surface area contributed by atoms with Crippen LogP contribution < -0.4 is 0 Å². The number of carbonyl (C=O) groups is 3. The molecule has 1 heterocycles. The highest BCUT2D eigenvalue weighted by atomic mass is 16.4. The topological polar surface area (TPSA) is 77.9 Å². The van der Waals surface area contributed by atoms with Crippen molar-refractivity contribution in [3.8, 4) is 0 Å². The molecule has 0 bridgehead atoms. The molecule has 1 N–H and O–H groups in total. The van der Waals surface area contributed by atoms with Gasteiger partial charge in [-0.05, 0) is 25.2 Å². The molecule has 2 aliphatic rings. The van der Waals surface area contributed by atoms with Gasteiger partial charge in [-0.15, -0.1) is 0 Å². The lowest BCUT2D eigenvalue weighted by molar-refractivity contribution is -0.146. The maximum Gasteiger partial charge on any atom is 0.323 e. The number of likely N-dealkylation sites (tertiary alicyclic amines) is 1. The van der Waals surface area contributed by atoms with Crippen molar-refractivity contribution in [2.45, 2.75) is 32.6 Å². The van der Waals surface area contributed by atoms with Crippen LogP contribution in [0, 0.1) is 11.8 Å². The van der Waals surface area contributed by atoms with Crippen molar-refractivity contribution in [2.75, 3.05) is 26.2 Å². The second-order valence-electron chi connectivity index (χ2n) is 5.80. The number of hydrogen-bond donors (Lipinski definition) is 1. The van der Waals surface area contributed by atoms with E-state index in [1.54, 1.807) is 4.90 Å². The van der Waals surface area contributed by atoms with Crippen LogP contribution in [-0.2, 0) is 14.4 Å². The summed E-state index contributed by atoms with van der Waals surface area (Å²) in [4.78, 5) is 38.2. The van der Waals surface area contributed by atoms with Crippen LogP contribution in [0.2, 0.25) is 0 Å². The van der Waals surface area contributed by atoms with Crippen LogP contribution in [0.5, 0.6) is 0 Å². The molecule has 2 amide bonds. The zero-order valence-corrected chi connectivity index (χ0v) is 11.9.